The second-order valence-corrected chi connectivity index (χ2v) is 9.81. The summed E-state index contributed by atoms with van der Waals surface area (Å²) in [5, 5.41) is 101. The first kappa shape index (κ1) is 29.8. The fourth-order valence-electron chi connectivity index (χ4n) is 4.70. The lowest BCUT2D eigenvalue weighted by Crippen LogP contribution is -2.64. The van der Waals surface area contributed by atoms with Crippen molar-refractivity contribution in [3.05, 3.63) is 40.6 Å². The molecule has 42 heavy (non-hydrogen) atoms. The Balaban J connectivity index is 1.62. The maximum atomic E-state index is 13.7. The summed E-state index contributed by atoms with van der Waals surface area (Å²) in [5.74, 6) is -3.39. The van der Waals surface area contributed by atoms with E-state index in [9.17, 15) is 55.9 Å². The van der Waals surface area contributed by atoms with E-state index in [2.05, 4.69) is 0 Å². The van der Waals surface area contributed by atoms with Gasteiger partial charge >= 0.3 is 0 Å². The molecule has 2 aliphatic heterocycles. The highest BCUT2D eigenvalue weighted by atomic mass is 16.8. The number of ether oxygens (including phenoxy) is 4. The van der Waals surface area contributed by atoms with Gasteiger partial charge in [0.2, 0.25) is 17.5 Å². The third-order valence-corrected chi connectivity index (χ3v) is 6.96. The molecule has 16 heteroatoms. The Labute approximate surface area is 235 Å². The number of phenolic OH excluding ortho intramolecular Hbond substituents is 4. The fraction of sp³-hybridized carbons (Fsp3) is 0.423. The van der Waals surface area contributed by atoms with E-state index in [0.29, 0.717) is 0 Å². The molecule has 2 aliphatic rings. The lowest BCUT2D eigenvalue weighted by Gasteiger charge is -2.44. The maximum absolute atomic E-state index is 13.7. The van der Waals surface area contributed by atoms with Crippen molar-refractivity contribution in [2.24, 2.45) is 0 Å². The van der Waals surface area contributed by atoms with Gasteiger partial charge in [-0.3, -0.25) is 4.79 Å². The van der Waals surface area contributed by atoms with Gasteiger partial charge in [-0.05, 0) is 18.2 Å². The van der Waals surface area contributed by atoms with Crippen LogP contribution in [0.3, 0.4) is 0 Å². The van der Waals surface area contributed by atoms with Crippen LogP contribution < -0.4 is 10.2 Å². The largest absolute Gasteiger partial charge is 0.508 e. The predicted octanol–water partition coefficient (Wildman–Crippen LogP) is -2.08. The standard InChI is InChI=1S/C26H28O16/c27-6-15-18(34)20(36)24(42-25-21(37)17(33)13(32)7-38-25)26(40-15)41-23-19(35)16-12(31)4-9(28)5-14(16)39-22(23)8-1-2-10(29)11(30)3-8/h1-5,13,15,17-18,20-21,24-34,36-37H,6-7H2/t13-,15+,17-,18-,20-,21+,24+,25-,26-/m0/s1. The van der Waals surface area contributed by atoms with Crippen molar-refractivity contribution in [3.8, 4) is 40.1 Å². The number of phenols is 4. The number of fused-ring (bicyclic) bond motifs is 1. The van der Waals surface area contributed by atoms with Crippen LogP contribution in [0.25, 0.3) is 22.3 Å². The van der Waals surface area contributed by atoms with Gasteiger partial charge in [0.1, 0.15) is 59.1 Å². The van der Waals surface area contributed by atoms with Crippen LogP contribution in [-0.4, -0.2) is 120 Å². The summed E-state index contributed by atoms with van der Waals surface area (Å²) in [6, 6.07) is 5.21. The van der Waals surface area contributed by atoms with E-state index < -0.39 is 114 Å². The van der Waals surface area contributed by atoms with Gasteiger partial charge in [0.05, 0.1) is 13.2 Å². The molecular weight excluding hydrogens is 568 g/mol. The molecule has 0 saturated carbocycles. The van der Waals surface area contributed by atoms with Crippen LogP contribution in [-0.2, 0) is 14.2 Å². The number of rotatable bonds is 6. The van der Waals surface area contributed by atoms with Gasteiger partial charge in [-0.2, -0.15) is 0 Å². The first-order valence-corrected chi connectivity index (χ1v) is 12.6. The first-order chi connectivity index (χ1) is 19.9. The third kappa shape index (κ3) is 5.31. The van der Waals surface area contributed by atoms with E-state index in [-0.39, 0.29) is 11.1 Å². The second-order valence-electron chi connectivity index (χ2n) is 9.81. The summed E-state index contributed by atoms with van der Waals surface area (Å²) in [5.41, 5.74) is -1.38. The van der Waals surface area contributed by atoms with E-state index in [0.717, 1.165) is 24.3 Å². The minimum Gasteiger partial charge on any atom is -0.508 e. The monoisotopic (exact) mass is 596 g/mol. The topological polar surface area (TPSA) is 269 Å². The fourth-order valence-corrected chi connectivity index (χ4v) is 4.70. The van der Waals surface area contributed by atoms with Crippen LogP contribution >= 0.6 is 0 Å². The van der Waals surface area contributed by atoms with Crippen molar-refractivity contribution >= 4 is 11.0 Å². The lowest BCUT2D eigenvalue weighted by molar-refractivity contribution is -0.345. The number of benzene rings is 2. The first-order valence-electron chi connectivity index (χ1n) is 12.6. The molecule has 5 rings (SSSR count). The molecule has 9 atom stereocenters. The molecule has 0 radical (unpaired) electrons. The zero-order valence-corrected chi connectivity index (χ0v) is 21.4. The van der Waals surface area contributed by atoms with Crippen LogP contribution in [0.1, 0.15) is 0 Å². The number of aromatic hydroxyl groups is 4. The van der Waals surface area contributed by atoms with Crippen molar-refractivity contribution in [2.75, 3.05) is 13.2 Å². The molecule has 3 heterocycles. The average molecular weight is 596 g/mol. The summed E-state index contributed by atoms with van der Waals surface area (Å²) < 4.78 is 28.0. The average Bonchev–Trinajstić information content (AvgIpc) is 2.94. The Morgan fingerprint density at radius 2 is 1.57 bits per heavy atom. The lowest BCUT2D eigenvalue weighted by atomic mass is 9.98. The zero-order valence-electron chi connectivity index (χ0n) is 21.4. The zero-order chi connectivity index (χ0) is 30.5. The van der Waals surface area contributed by atoms with Gasteiger partial charge in [0.25, 0.3) is 0 Å². The molecule has 0 spiro atoms. The number of aliphatic hydroxyl groups excluding tert-OH is 6. The highest BCUT2D eigenvalue weighted by Gasteiger charge is 2.50. The Bertz CT molecular complexity index is 1510. The summed E-state index contributed by atoms with van der Waals surface area (Å²) >= 11 is 0. The number of hydrogen-bond donors (Lipinski definition) is 10. The maximum Gasteiger partial charge on any atom is 0.239 e. The van der Waals surface area contributed by atoms with E-state index >= 15 is 0 Å². The second kappa shape index (κ2) is 11.5. The SMILES string of the molecule is O=c1c(O[C@@H]2O[C@H](CO)[C@H](O)[C@H](O)[C@H]2O[C@@H]2OC[C@H](O)[C@H](O)[C@H]2O)c(-c2ccc(O)c(O)c2)oc2cc(O)cc(O)c12. The minimum absolute atomic E-state index is 0.0437. The van der Waals surface area contributed by atoms with Crippen LogP contribution in [0.4, 0.5) is 0 Å². The van der Waals surface area contributed by atoms with Gasteiger partial charge in [-0.25, -0.2) is 0 Å². The van der Waals surface area contributed by atoms with Crippen molar-refractivity contribution in [2.45, 2.75) is 55.3 Å². The van der Waals surface area contributed by atoms with Crippen molar-refractivity contribution in [1.29, 1.82) is 0 Å². The Morgan fingerprint density at radius 3 is 2.26 bits per heavy atom. The summed E-state index contributed by atoms with van der Waals surface area (Å²) in [6.45, 7) is -1.31. The smallest absolute Gasteiger partial charge is 0.239 e. The number of hydrogen-bond acceptors (Lipinski definition) is 16. The van der Waals surface area contributed by atoms with E-state index in [1.54, 1.807) is 0 Å². The van der Waals surface area contributed by atoms with Crippen molar-refractivity contribution in [1.82, 2.24) is 0 Å². The highest BCUT2D eigenvalue weighted by Crippen LogP contribution is 2.40. The molecule has 0 amide bonds. The molecule has 16 nitrogen and oxygen atoms in total. The summed E-state index contributed by atoms with van der Waals surface area (Å²) in [6.07, 6.45) is -15.5. The van der Waals surface area contributed by atoms with Crippen molar-refractivity contribution in [3.63, 3.8) is 0 Å². The van der Waals surface area contributed by atoms with E-state index in [1.165, 1.54) is 6.07 Å². The molecule has 2 saturated heterocycles. The molecule has 1 aromatic heterocycles. The van der Waals surface area contributed by atoms with E-state index in [4.69, 9.17) is 23.4 Å². The Kier molecular flexibility index (Phi) is 8.17. The van der Waals surface area contributed by atoms with Gasteiger partial charge in [-0.1, -0.05) is 0 Å². The molecule has 0 unspecified atom stereocenters. The minimum atomic E-state index is -1.90. The summed E-state index contributed by atoms with van der Waals surface area (Å²) in [4.78, 5) is 13.7. The predicted molar refractivity (Wildman–Crippen MR) is 136 cm³/mol. The van der Waals surface area contributed by atoms with Gasteiger partial charge in [0.15, 0.2) is 29.7 Å². The van der Waals surface area contributed by atoms with Gasteiger partial charge in [-0.15, -0.1) is 0 Å². The third-order valence-electron chi connectivity index (χ3n) is 6.96. The van der Waals surface area contributed by atoms with Crippen molar-refractivity contribution < 1.29 is 74.4 Å². The molecular formula is C26H28O16. The molecule has 0 aliphatic carbocycles. The van der Waals surface area contributed by atoms with E-state index in [1.807, 2.05) is 0 Å². The molecule has 2 fully saturated rings. The van der Waals surface area contributed by atoms with Gasteiger partial charge in [0, 0.05) is 17.7 Å². The van der Waals surface area contributed by atoms with Crippen LogP contribution in [0, 0.1) is 0 Å². The van der Waals surface area contributed by atoms with Crippen LogP contribution in [0.2, 0.25) is 0 Å². The molecule has 3 aromatic rings. The quantitative estimate of drug-likeness (QED) is 0.137. The Hall–Kier alpha value is -3.71. The van der Waals surface area contributed by atoms with Crippen LogP contribution in [0.5, 0.6) is 28.7 Å². The van der Waals surface area contributed by atoms with Crippen LogP contribution in [0.15, 0.2) is 39.5 Å². The normalized spacial score (nSPS) is 31.7. The summed E-state index contributed by atoms with van der Waals surface area (Å²) in [7, 11) is 0. The number of aliphatic hydroxyl groups is 6. The van der Waals surface area contributed by atoms with Gasteiger partial charge < -0.3 is 74.4 Å². The Morgan fingerprint density at radius 1 is 0.833 bits per heavy atom. The molecule has 2 aromatic carbocycles. The highest BCUT2D eigenvalue weighted by molar-refractivity contribution is 5.88. The molecule has 0 bridgehead atoms. The molecule has 10 N–H and O–H groups in total. The molecule has 228 valence electrons.